The Balaban J connectivity index is 1.84. The molecule has 0 aliphatic heterocycles. The third-order valence-electron chi connectivity index (χ3n) is 3.64. The van der Waals surface area contributed by atoms with E-state index in [1.54, 1.807) is 0 Å². The molecule has 3 heteroatoms. The number of rotatable bonds is 4. The molecule has 0 radical (unpaired) electrons. The minimum Gasteiger partial charge on any atom is -0.375 e. The molecule has 0 amide bonds. The zero-order valence-electron chi connectivity index (χ0n) is 9.46. The first-order valence-electron chi connectivity index (χ1n) is 6.10. The van der Waals surface area contributed by atoms with Gasteiger partial charge < -0.3 is 4.74 Å². The largest absolute Gasteiger partial charge is 0.375 e. The van der Waals surface area contributed by atoms with Crippen LogP contribution in [0.15, 0.2) is 0 Å². The van der Waals surface area contributed by atoms with Crippen LogP contribution >= 0.6 is 0 Å². The van der Waals surface area contributed by atoms with Crippen LogP contribution in [-0.4, -0.2) is 24.3 Å². The molecule has 0 heterocycles. The van der Waals surface area contributed by atoms with Crippen LogP contribution < -0.4 is 5.32 Å². The van der Waals surface area contributed by atoms with Crippen LogP contribution in [-0.2, 0) is 4.74 Å². The van der Waals surface area contributed by atoms with Gasteiger partial charge in [0.15, 0.2) is 0 Å². The highest BCUT2D eigenvalue weighted by atomic mass is 16.5. The SMILES string of the molecule is CCNC1(C#N)CCC(OC2CCC2)C1. The van der Waals surface area contributed by atoms with Crippen LogP contribution in [0.25, 0.3) is 0 Å². The minimum atomic E-state index is -0.302. The van der Waals surface area contributed by atoms with Gasteiger partial charge in [0, 0.05) is 6.42 Å². The van der Waals surface area contributed by atoms with Gasteiger partial charge in [-0.25, -0.2) is 0 Å². The second-order valence-corrected chi connectivity index (χ2v) is 4.78. The van der Waals surface area contributed by atoms with Gasteiger partial charge in [0.25, 0.3) is 0 Å². The molecule has 2 fully saturated rings. The summed E-state index contributed by atoms with van der Waals surface area (Å²) in [6.07, 6.45) is 7.41. The van der Waals surface area contributed by atoms with E-state index in [4.69, 9.17) is 4.74 Å². The molecule has 2 aliphatic carbocycles. The second kappa shape index (κ2) is 4.51. The predicted molar refractivity (Wildman–Crippen MR) is 58.4 cm³/mol. The van der Waals surface area contributed by atoms with Crippen molar-refractivity contribution in [3.63, 3.8) is 0 Å². The zero-order chi connectivity index (χ0) is 10.7. The van der Waals surface area contributed by atoms with Crippen molar-refractivity contribution in [3.05, 3.63) is 0 Å². The van der Waals surface area contributed by atoms with Crippen LogP contribution in [0.5, 0.6) is 0 Å². The molecule has 2 saturated carbocycles. The number of nitrogens with one attached hydrogen (secondary N) is 1. The third kappa shape index (κ3) is 2.32. The molecule has 2 rings (SSSR count). The van der Waals surface area contributed by atoms with Crippen molar-refractivity contribution in [1.29, 1.82) is 5.26 Å². The molecule has 15 heavy (non-hydrogen) atoms. The maximum absolute atomic E-state index is 9.20. The lowest BCUT2D eigenvalue weighted by Gasteiger charge is -2.29. The number of ether oxygens (including phenoxy) is 1. The van der Waals surface area contributed by atoms with Gasteiger partial charge >= 0.3 is 0 Å². The normalized spacial score (nSPS) is 36.1. The summed E-state index contributed by atoms with van der Waals surface area (Å²) < 4.78 is 5.96. The Labute approximate surface area is 91.8 Å². The number of nitriles is 1. The van der Waals surface area contributed by atoms with Crippen molar-refractivity contribution in [2.24, 2.45) is 0 Å². The third-order valence-corrected chi connectivity index (χ3v) is 3.64. The van der Waals surface area contributed by atoms with Gasteiger partial charge in [0.1, 0.15) is 5.54 Å². The highest BCUT2D eigenvalue weighted by molar-refractivity contribution is 5.12. The molecule has 0 aromatic carbocycles. The van der Waals surface area contributed by atoms with Gasteiger partial charge in [-0.2, -0.15) is 5.26 Å². The minimum absolute atomic E-state index is 0.302. The van der Waals surface area contributed by atoms with E-state index in [1.165, 1.54) is 19.3 Å². The fraction of sp³-hybridized carbons (Fsp3) is 0.917. The average molecular weight is 208 g/mol. The Morgan fingerprint density at radius 1 is 1.40 bits per heavy atom. The molecule has 2 unspecified atom stereocenters. The molecule has 0 aromatic rings. The standard InChI is InChI=1S/C12H20N2O/c1-2-14-12(9-13)7-6-11(8-12)15-10-4-3-5-10/h10-11,14H,2-8H2,1H3. The first-order chi connectivity index (χ1) is 7.28. The Morgan fingerprint density at radius 3 is 2.73 bits per heavy atom. The fourth-order valence-electron chi connectivity index (χ4n) is 2.54. The molecule has 0 spiro atoms. The van der Waals surface area contributed by atoms with E-state index < -0.39 is 0 Å². The summed E-state index contributed by atoms with van der Waals surface area (Å²) in [6.45, 7) is 2.92. The van der Waals surface area contributed by atoms with E-state index in [9.17, 15) is 5.26 Å². The van der Waals surface area contributed by atoms with Gasteiger partial charge in [-0.1, -0.05) is 6.92 Å². The lowest BCUT2D eigenvalue weighted by molar-refractivity contribution is -0.0492. The maximum Gasteiger partial charge on any atom is 0.109 e. The van der Waals surface area contributed by atoms with Crippen molar-refractivity contribution in [2.75, 3.05) is 6.54 Å². The molecule has 1 N–H and O–H groups in total. The quantitative estimate of drug-likeness (QED) is 0.768. The van der Waals surface area contributed by atoms with Crippen molar-refractivity contribution in [2.45, 2.75) is 63.2 Å². The van der Waals surface area contributed by atoms with Crippen molar-refractivity contribution in [1.82, 2.24) is 5.32 Å². The number of hydrogen-bond donors (Lipinski definition) is 1. The van der Waals surface area contributed by atoms with Gasteiger partial charge in [0.05, 0.1) is 18.3 Å². The molecule has 84 valence electrons. The molecule has 2 atom stereocenters. The van der Waals surface area contributed by atoms with Gasteiger partial charge in [-0.05, 0) is 38.6 Å². The maximum atomic E-state index is 9.20. The molecule has 2 aliphatic rings. The van der Waals surface area contributed by atoms with Gasteiger partial charge in [-0.3, -0.25) is 5.32 Å². The lowest BCUT2D eigenvalue weighted by atomic mass is 9.95. The topological polar surface area (TPSA) is 45.0 Å². The Hall–Kier alpha value is -0.590. The second-order valence-electron chi connectivity index (χ2n) is 4.78. The van der Waals surface area contributed by atoms with Gasteiger partial charge in [-0.15, -0.1) is 0 Å². The van der Waals surface area contributed by atoms with E-state index in [2.05, 4.69) is 18.3 Å². The highest BCUT2D eigenvalue weighted by Crippen LogP contribution is 2.34. The first-order valence-corrected chi connectivity index (χ1v) is 6.10. The Morgan fingerprint density at radius 2 is 2.20 bits per heavy atom. The summed E-state index contributed by atoms with van der Waals surface area (Å²) in [4.78, 5) is 0. The number of hydrogen-bond acceptors (Lipinski definition) is 3. The van der Waals surface area contributed by atoms with E-state index in [-0.39, 0.29) is 5.54 Å². The van der Waals surface area contributed by atoms with Gasteiger partial charge in [0.2, 0.25) is 0 Å². The summed E-state index contributed by atoms with van der Waals surface area (Å²) >= 11 is 0. The Bertz CT molecular complexity index is 257. The molecular weight excluding hydrogens is 188 g/mol. The van der Waals surface area contributed by atoms with Crippen LogP contribution in [0.2, 0.25) is 0 Å². The van der Waals surface area contributed by atoms with E-state index in [0.29, 0.717) is 12.2 Å². The van der Waals surface area contributed by atoms with Crippen LogP contribution in [0.4, 0.5) is 0 Å². The fourth-order valence-corrected chi connectivity index (χ4v) is 2.54. The molecule has 0 bridgehead atoms. The summed E-state index contributed by atoms with van der Waals surface area (Å²) in [5.74, 6) is 0. The van der Waals surface area contributed by atoms with E-state index >= 15 is 0 Å². The predicted octanol–water partition coefficient (Wildman–Crippen LogP) is 1.98. The van der Waals surface area contributed by atoms with Crippen molar-refractivity contribution in [3.8, 4) is 6.07 Å². The molecule has 0 aromatic heterocycles. The first kappa shape index (κ1) is 10.9. The van der Waals surface area contributed by atoms with E-state index in [1.807, 2.05) is 0 Å². The Kier molecular flexibility index (Phi) is 3.28. The highest BCUT2D eigenvalue weighted by Gasteiger charge is 2.40. The summed E-state index contributed by atoms with van der Waals surface area (Å²) in [6, 6.07) is 2.43. The zero-order valence-corrected chi connectivity index (χ0v) is 9.46. The van der Waals surface area contributed by atoms with E-state index in [0.717, 1.165) is 25.8 Å². The molecule has 0 saturated heterocycles. The summed E-state index contributed by atoms with van der Waals surface area (Å²) in [5.41, 5.74) is -0.302. The summed E-state index contributed by atoms with van der Waals surface area (Å²) in [7, 11) is 0. The van der Waals surface area contributed by atoms with Crippen LogP contribution in [0.1, 0.15) is 45.4 Å². The number of nitrogens with zero attached hydrogens (tertiary/aromatic N) is 1. The smallest absolute Gasteiger partial charge is 0.109 e. The van der Waals surface area contributed by atoms with Crippen LogP contribution in [0, 0.1) is 11.3 Å². The average Bonchev–Trinajstić information content (AvgIpc) is 2.57. The van der Waals surface area contributed by atoms with Crippen molar-refractivity contribution >= 4 is 0 Å². The molecule has 3 nitrogen and oxygen atoms in total. The lowest BCUT2D eigenvalue weighted by Crippen LogP contribution is -2.42. The summed E-state index contributed by atoms with van der Waals surface area (Å²) in [5, 5.41) is 12.5. The molecular formula is C12H20N2O. The van der Waals surface area contributed by atoms with Crippen molar-refractivity contribution < 1.29 is 4.74 Å². The van der Waals surface area contributed by atoms with Crippen LogP contribution in [0.3, 0.4) is 0 Å². The monoisotopic (exact) mass is 208 g/mol.